The summed E-state index contributed by atoms with van der Waals surface area (Å²) in [6.07, 6.45) is 0. The Balaban J connectivity index is 1.42. The van der Waals surface area contributed by atoms with E-state index in [4.69, 9.17) is 9.47 Å². The van der Waals surface area contributed by atoms with Crippen molar-refractivity contribution < 1.29 is 18.7 Å². The molecule has 174 valence electrons. The van der Waals surface area contributed by atoms with Crippen LogP contribution in [0.15, 0.2) is 72.8 Å². The lowest BCUT2D eigenvalue weighted by Gasteiger charge is -2.29. The predicted molar refractivity (Wildman–Crippen MR) is 131 cm³/mol. The maximum Gasteiger partial charge on any atom is 0.260 e. The van der Waals surface area contributed by atoms with Crippen molar-refractivity contribution in [3.63, 3.8) is 0 Å². The summed E-state index contributed by atoms with van der Waals surface area (Å²) in [4.78, 5) is 22.3. The zero-order valence-electron chi connectivity index (χ0n) is 18.5. The number of fused-ring (bicyclic) bond motifs is 1. The number of thiazole rings is 1. The minimum absolute atomic E-state index is 0.175. The molecule has 0 aliphatic carbocycles. The third kappa shape index (κ3) is 5.25. The SMILES string of the molecule is O=C(c1cccc(Oc2ccccc2)c1)N(CCN1CCOCC1)c1nc2ccc(F)cc2s1. The van der Waals surface area contributed by atoms with E-state index in [2.05, 4.69) is 9.88 Å². The Morgan fingerprint density at radius 2 is 1.82 bits per heavy atom. The Morgan fingerprint density at radius 1 is 1.03 bits per heavy atom. The van der Waals surface area contributed by atoms with Crippen LogP contribution in [0.2, 0.25) is 0 Å². The average molecular weight is 478 g/mol. The molecular formula is C26H24FN3O3S. The van der Waals surface area contributed by atoms with Gasteiger partial charge < -0.3 is 9.47 Å². The standard InChI is InChI=1S/C26H24FN3O3S/c27-20-9-10-23-24(18-20)34-26(28-23)30(12-11-29-13-15-32-16-14-29)25(31)19-5-4-8-22(17-19)33-21-6-2-1-3-7-21/h1-10,17-18H,11-16H2. The topological polar surface area (TPSA) is 54.9 Å². The van der Waals surface area contributed by atoms with E-state index in [1.165, 1.54) is 23.5 Å². The zero-order valence-corrected chi connectivity index (χ0v) is 19.3. The van der Waals surface area contributed by atoms with Crippen LogP contribution in [-0.2, 0) is 4.74 Å². The van der Waals surface area contributed by atoms with Gasteiger partial charge in [0.25, 0.3) is 5.91 Å². The molecule has 0 radical (unpaired) electrons. The van der Waals surface area contributed by atoms with E-state index in [-0.39, 0.29) is 11.7 Å². The lowest BCUT2D eigenvalue weighted by atomic mass is 10.2. The minimum Gasteiger partial charge on any atom is -0.457 e. The van der Waals surface area contributed by atoms with Crippen LogP contribution in [-0.4, -0.2) is 55.2 Å². The average Bonchev–Trinajstić information content (AvgIpc) is 3.28. The van der Waals surface area contributed by atoms with Crippen molar-refractivity contribution in [3.05, 3.63) is 84.2 Å². The van der Waals surface area contributed by atoms with Gasteiger partial charge in [-0.1, -0.05) is 35.6 Å². The fourth-order valence-corrected chi connectivity index (χ4v) is 4.84. The number of carbonyl (C=O) groups excluding carboxylic acids is 1. The minimum atomic E-state index is -0.320. The van der Waals surface area contributed by atoms with Crippen molar-refractivity contribution in [1.82, 2.24) is 9.88 Å². The fourth-order valence-electron chi connectivity index (χ4n) is 3.83. The lowest BCUT2D eigenvalue weighted by molar-refractivity contribution is 0.0391. The molecule has 0 saturated carbocycles. The summed E-state index contributed by atoms with van der Waals surface area (Å²) < 4.78 is 25.8. The highest BCUT2D eigenvalue weighted by Crippen LogP contribution is 2.31. The number of benzene rings is 3. The van der Waals surface area contributed by atoms with Gasteiger partial charge in [-0.3, -0.25) is 14.6 Å². The predicted octanol–water partition coefficient (Wildman–Crippen LogP) is 5.21. The molecule has 1 aliphatic heterocycles. The highest BCUT2D eigenvalue weighted by Gasteiger charge is 2.23. The summed E-state index contributed by atoms with van der Waals surface area (Å²) in [7, 11) is 0. The number of anilines is 1. The molecule has 0 spiro atoms. The number of hydrogen-bond acceptors (Lipinski definition) is 6. The van der Waals surface area contributed by atoms with E-state index in [9.17, 15) is 9.18 Å². The van der Waals surface area contributed by atoms with Crippen molar-refractivity contribution in [3.8, 4) is 11.5 Å². The highest BCUT2D eigenvalue weighted by molar-refractivity contribution is 7.22. The molecule has 0 bridgehead atoms. The van der Waals surface area contributed by atoms with Gasteiger partial charge in [0.05, 0.1) is 23.4 Å². The molecule has 1 fully saturated rings. The molecule has 34 heavy (non-hydrogen) atoms. The maximum atomic E-state index is 13.8. The first kappa shape index (κ1) is 22.5. The second kappa shape index (κ2) is 10.3. The molecule has 3 aromatic carbocycles. The van der Waals surface area contributed by atoms with Gasteiger partial charge in [-0.15, -0.1) is 0 Å². The van der Waals surface area contributed by atoms with E-state index in [1.807, 2.05) is 36.4 Å². The van der Waals surface area contributed by atoms with Gasteiger partial charge in [0.1, 0.15) is 17.3 Å². The van der Waals surface area contributed by atoms with Crippen LogP contribution in [0.25, 0.3) is 10.2 Å². The zero-order chi connectivity index (χ0) is 23.3. The summed E-state index contributed by atoms with van der Waals surface area (Å²) in [5, 5.41) is 0.549. The molecule has 1 aliphatic rings. The van der Waals surface area contributed by atoms with Gasteiger partial charge in [0, 0.05) is 31.7 Å². The second-order valence-electron chi connectivity index (χ2n) is 7.96. The van der Waals surface area contributed by atoms with Crippen LogP contribution in [0, 0.1) is 5.82 Å². The number of ether oxygens (including phenoxy) is 2. The summed E-state index contributed by atoms with van der Waals surface area (Å²) in [6, 6.07) is 21.1. The van der Waals surface area contributed by atoms with E-state index in [0.29, 0.717) is 58.7 Å². The number of nitrogens with zero attached hydrogens (tertiary/aromatic N) is 3. The third-order valence-electron chi connectivity index (χ3n) is 5.62. The Hall–Kier alpha value is -3.33. The van der Waals surface area contributed by atoms with Crippen LogP contribution in [0.3, 0.4) is 0 Å². The molecule has 2 heterocycles. The molecule has 8 heteroatoms. The van der Waals surface area contributed by atoms with Gasteiger partial charge >= 0.3 is 0 Å². The summed E-state index contributed by atoms with van der Waals surface area (Å²) >= 11 is 1.32. The molecule has 6 nitrogen and oxygen atoms in total. The number of halogens is 1. The number of para-hydroxylation sites is 1. The number of hydrogen-bond donors (Lipinski definition) is 0. The van der Waals surface area contributed by atoms with Crippen LogP contribution in [0.1, 0.15) is 10.4 Å². The molecule has 0 atom stereocenters. The van der Waals surface area contributed by atoms with Gasteiger partial charge in [0.15, 0.2) is 5.13 Å². The number of morpholine rings is 1. The van der Waals surface area contributed by atoms with Crippen LogP contribution in [0.5, 0.6) is 11.5 Å². The number of carbonyl (C=O) groups is 1. The second-order valence-corrected chi connectivity index (χ2v) is 8.97. The number of rotatable bonds is 7. The van der Waals surface area contributed by atoms with Gasteiger partial charge in [-0.05, 0) is 48.5 Å². The first-order chi connectivity index (χ1) is 16.7. The molecule has 1 aromatic heterocycles. The van der Waals surface area contributed by atoms with Crippen LogP contribution in [0.4, 0.5) is 9.52 Å². The molecule has 0 N–H and O–H groups in total. The quantitative estimate of drug-likeness (QED) is 0.366. The van der Waals surface area contributed by atoms with E-state index in [0.717, 1.165) is 13.1 Å². The molecule has 1 saturated heterocycles. The Labute approximate surface area is 201 Å². The molecular weight excluding hydrogens is 453 g/mol. The van der Waals surface area contributed by atoms with E-state index >= 15 is 0 Å². The highest BCUT2D eigenvalue weighted by atomic mass is 32.1. The van der Waals surface area contributed by atoms with E-state index < -0.39 is 0 Å². The fraction of sp³-hybridized carbons (Fsp3) is 0.231. The molecule has 1 amide bonds. The summed E-state index contributed by atoms with van der Waals surface area (Å²) in [5.41, 5.74) is 1.17. The van der Waals surface area contributed by atoms with Crippen molar-refractivity contribution in [2.75, 3.05) is 44.3 Å². The molecule has 0 unspecified atom stereocenters. The smallest absolute Gasteiger partial charge is 0.260 e. The van der Waals surface area contributed by atoms with E-state index in [1.54, 1.807) is 29.2 Å². The summed E-state index contributed by atoms with van der Waals surface area (Å²) in [6.45, 7) is 4.19. The Kier molecular flexibility index (Phi) is 6.80. The first-order valence-corrected chi connectivity index (χ1v) is 12.0. The normalized spacial score (nSPS) is 14.3. The van der Waals surface area contributed by atoms with Gasteiger partial charge in [-0.2, -0.15) is 0 Å². The Bertz CT molecular complexity index is 1270. The van der Waals surface area contributed by atoms with Crippen molar-refractivity contribution in [2.45, 2.75) is 0 Å². The number of amides is 1. The van der Waals surface area contributed by atoms with Gasteiger partial charge in [-0.25, -0.2) is 9.37 Å². The summed E-state index contributed by atoms with van der Waals surface area (Å²) in [5.74, 6) is 0.784. The van der Waals surface area contributed by atoms with Crippen LogP contribution < -0.4 is 9.64 Å². The molecule has 4 aromatic rings. The van der Waals surface area contributed by atoms with Crippen LogP contribution >= 0.6 is 11.3 Å². The van der Waals surface area contributed by atoms with Crippen molar-refractivity contribution in [2.24, 2.45) is 0 Å². The lowest BCUT2D eigenvalue weighted by Crippen LogP contribution is -2.43. The largest absolute Gasteiger partial charge is 0.457 e. The molecule has 5 rings (SSSR count). The monoisotopic (exact) mass is 477 g/mol. The third-order valence-corrected chi connectivity index (χ3v) is 6.66. The van der Waals surface area contributed by atoms with Gasteiger partial charge in [0.2, 0.25) is 0 Å². The first-order valence-electron chi connectivity index (χ1n) is 11.2. The Morgan fingerprint density at radius 3 is 2.65 bits per heavy atom. The number of aromatic nitrogens is 1. The maximum absolute atomic E-state index is 13.8. The van der Waals surface area contributed by atoms with Crippen molar-refractivity contribution >= 4 is 32.6 Å². The van der Waals surface area contributed by atoms with Crippen molar-refractivity contribution in [1.29, 1.82) is 0 Å².